The van der Waals surface area contributed by atoms with Crippen molar-refractivity contribution in [2.24, 2.45) is 0 Å². The summed E-state index contributed by atoms with van der Waals surface area (Å²) >= 11 is 1.74. The van der Waals surface area contributed by atoms with Crippen molar-refractivity contribution in [1.29, 1.82) is 0 Å². The maximum Gasteiger partial charge on any atom is 0.254 e. The molecule has 23 heavy (non-hydrogen) atoms. The highest BCUT2D eigenvalue weighted by atomic mass is 32.2. The SMILES string of the molecule is CC(C)Sc1ccccc1C(=O)N1CCC2(CC1)OC[C@H](C)O2. The lowest BCUT2D eigenvalue weighted by atomic mass is 10.0. The number of likely N-dealkylation sites (tertiary alicyclic amines) is 1. The second-order valence-electron chi connectivity index (χ2n) is 6.61. The predicted molar refractivity (Wildman–Crippen MR) is 91.8 cm³/mol. The Bertz CT molecular complexity index is 567. The lowest BCUT2D eigenvalue weighted by Gasteiger charge is -2.38. The zero-order valence-corrected chi connectivity index (χ0v) is 14.9. The normalized spacial score (nSPS) is 23.7. The molecular weight excluding hydrogens is 310 g/mol. The Hall–Kier alpha value is -1.04. The molecule has 2 saturated heterocycles. The van der Waals surface area contributed by atoms with E-state index in [-0.39, 0.29) is 12.0 Å². The molecule has 0 N–H and O–H groups in total. The number of hydrogen-bond acceptors (Lipinski definition) is 4. The minimum atomic E-state index is -0.456. The maximum absolute atomic E-state index is 12.9. The van der Waals surface area contributed by atoms with E-state index in [1.807, 2.05) is 36.1 Å². The van der Waals surface area contributed by atoms with Gasteiger partial charge in [-0.1, -0.05) is 26.0 Å². The minimum absolute atomic E-state index is 0.120. The van der Waals surface area contributed by atoms with Crippen molar-refractivity contribution in [3.8, 4) is 0 Å². The van der Waals surface area contributed by atoms with Crippen molar-refractivity contribution in [3.63, 3.8) is 0 Å². The van der Waals surface area contributed by atoms with E-state index in [0.717, 1.165) is 23.3 Å². The fourth-order valence-corrected chi connectivity index (χ4v) is 4.13. The predicted octanol–water partition coefficient (Wildman–Crippen LogP) is 3.55. The first-order valence-electron chi connectivity index (χ1n) is 8.36. The molecule has 1 atom stereocenters. The molecule has 1 spiro atoms. The van der Waals surface area contributed by atoms with Crippen molar-refractivity contribution in [1.82, 2.24) is 4.90 Å². The molecule has 4 nitrogen and oxygen atoms in total. The molecular formula is C18H25NO3S. The molecule has 0 aromatic heterocycles. The molecule has 3 rings (SSSR count). The molecule has 126 valence electrons. The topological polar surface area (TPSA) is 38.8 Å². The summed E-state index contributed by atoms with van der Waals surface area (Å²) in [6, 6.07) is 7.90. The number of piperidine rings is 1. The number of benzene rings is 1. The summed E-state index contributed by atoms with van der Waals surface area (Å²) in [4.78, 5) is 15.9. The van der Waals surface area contributed by atoms with Gasteiger partial charge in [0.05, 0.1) is 18.3 Å². The second-order valence-corrected chi connectivity index (χ2v) is 8.22. The minimum Gasteiger partial charge on any atom is -0.347 e. The number of amides is 1. The van der Waals surface area contributed by atoms with Crippen molar-refractivity contribution >= 4 is 17.7 Å². The largest absolute Gasteiger partial charge is 0.347 e. The molecule has 1 amide bonds. The zero-order chi connectivity index (χ0) is 16.4. The van der Waals surface area contributed by atoms with E-state index < -0.39 is 5.79 Å². The van der Waals surface area contributed by atoms with Crippen molar-refractivity contribution in [2.45, 2.75) is 55.6 Å². The zero-order valence-electron chi connectivity index (χ0n) is 14.1. The standard InChI is InChI=1S/C18H25NO3S/c1-13(2)23-16-7-5-4-6-15(16)17(20)19-10-8-18(9-11-19)21-12-14(3)22-18/h4-7,13-14H,8-12H2,1-3H3/t14-/m0/s1. The van der Waals surface area contributed by atoms with Crippen LogP contribution in [0.2, 0.25) is 0 Å². The molecule has 2 heterocycles. The third kappa shape index (κ3) is 3.73. The fraction of sp³-hybridized carbons (Fsp3) is 0.611. The second kappa shape index (κ2) is 6.83. The van der Waals surface area contributed by atoms with E-state index in [2.05, 4.69) is 13.8 Å². The molecule has 0 saturated carbocycles. The molecule has 0 radical (unpaired) electrons. The number of nitrogens with zero attached hydrogens (tertiary/aromatic N) is 1. The third-order valence-electron chi connectivity index (χ3n) is 4.29. The van der Waals surface area contributed by atoms with Crippen LogP contribution in [0, 0.1) is 0 Å². The number of ether oxygens (including phenoxy) is 2. The van der Waals surface area contributed by atoms with E-state index in [1.165, 1.54) is 0 Å². The summed E-state index contributed by atoms with van der Waals surface area (Å²) in [6.45, 7) is 8.35. The van der Waals surface area contributed by atoms with E-state index in [9.17, 15) is 4.79 Å². The van der Waals surface area contributed by atoms with Gasteiger partial charge in [-0.15, -0.1) is 11.8 Å². The lowest BCUT2D eigenvalue weighted by Crippen LogP contribution is -2.47. The van der Waals surface area contributed by atoms with Gasteiger partial charge in [-0.05, 0) is 19.1 Å². The van der Waals surface area contributed by atoms with E-state index in [1.54, 1.807) is 11.8 Å². The molecule has 2 fully saturated rings. The molecule has 2 aliphatic heterocycles. The van der Waals surface area contributed by atoms with Gasteiger partial charge in [-0.3, -0.25) is 4.79 Å². The number of hydrogen-bond donors (Lipinski definition) is 0. The Kier molecular flexibility index (Phi) is 4.99. The third-order valence-corrected chi connectivity index (χ3v) is 5.37. The summed E-state index contributed by atoms with van der Waals surface area (Å²) in [7, 11) is 0. The lowest BCUT2D eigenvalue weighted by molar-refractivity contribution is -0.189. The first kappa shape index (κ1) is 16.8. The number of thioether (sulfide) groups is 1. The highest BCUT2D eigenvalue weighted by Crippen LogP contribution is 2.35. The monoisotopic (exact) mass is 335 g/mol. The average molecular weight is 335 g/mol. The Morgan fingerprint density at radius 3 is 2.61 bits per heavy atom. The van der Waals surface area contributed by atoms with Gasteiger partial charge in [0.2, 0.25) is 0 Å². The Morgan fingerprint density at radius 1 is 1.30 bits per heavy atom. The summed E-state index contributed by atoms with van der Waals surface area (Å²) < 4.78 is 11.8. The summed E-state index contributed by atoms with van der Waals surface area (Å²) in [5, 5.41) is 0.454. The van der Waals surface area contributed by atoms with Crippen LogP contribution in [0.4, 0.5) is 0 Å². The van der Waals surface area contributed by atoms with Gasteiger partial charge >= 0.3 is 0 Å². The fourth-order valence-electron chi connectivity index (χ4n) is 3.19. The molecule has 2 aliphatic rings. The van der Waals surface area contributed by atoms with E-state index in [4.69, 9.17) is 9.47 Å². The molecule has 1 aromatic carbocycles. The van der Waals surface area contributed by atoms with Crippen LogP contribution in [-0.4, -0.2) is 47.6 Å². The Balaban J connectivity index is 1.68. The first-order valence-corrected chi connectivity index (χ1v) is 9.24. The average Bonchev–Trinajstić information content (AvgIpc) is 2.88. The van der Waals surface area contributed by atoms with Crippen LogP contribution in [0.15, 0.2) is 29.2 Å². The summed E-state index contributed by atoms with van der Waals surface area (Å²) in [6.07, 6.45) is 1.66. The smallest absolute Gasteiger partial charge is 0.254 e. The summed E-state index contributed by atoms with van der Waals surface area (Å²) in [5.41, 5.74) is 0.809. The van der Waals surface area contributed by atoms with Crippen LogP contribution in [-0.2, 0) is 9.47 Å². The Morgan fingerprint density at radius 2 is 2.00 bits per heavy atom. The Labute approximate surface area is 142 Å². The van der Waals surface area contributed by atoms with Crippen molar-refractivity contribution in [3.05, 3.63) is 29.8 Å². The maximum atomic E-state index is 12.9. The van der Waals surface area contributed by atoms with Crippen LogP contribution < -0.4 is 0 Å². The van der Waals surface area contributed by atoms with Gasteiger partial charge in [-0.25, -0.2) is 0 Å². The summed E-state index contributed by atoms with van der Waals surface area (Å²) in [5.74, 6) is -0.336. The van der Waals surface area contributed by atoms with Crippen molar-refractivity contribution in [2.75, 3.05) is 19.7 Å². The molecule has 0 bridgehead atoms. The number of carbonyl (C=O) groups excluding carboxylic acids is 1. The number of carbonyl (C=O) groups is 1. The van der Waals surface area contributed by atoms with Gasteiger partial charge < -0.3 is 14.4 Å². The van der Waals surface area contributed by atoms with Crippen LogP contribution in [0.5, 0.6) is 0 Å². The molecule has 0 aliphatic carbocycles. The van der Waals surface area contributed by atoms with E-state index in [0.29, 0.717) is 24.9 Å². The molecule has 1 aromatic rings. The number of rotatable bonds is 3. The highest BCUT2D eigenvalue weighted by Gasteiger charge is 2.43. The van der Waals surface area contributed by atoms with Crippen LogP contribution >= 0.6 is 11.8 Å². The highest BCUT2D eigenvalue weighted by molar-refractivity contribution is 8.00. The van der Waals surface area contributed by atoms with Gasteiger partial charge in [0.1, 0.15) is 0 Å². The van der Waals surface area contributed by atoms with E-state index >= 15 is 0 Å². The van der Waals surface area contributed by atoms with Gasteiger partial charge in [-0.2, -0.15) is 0 Å². The van der Waals surface area contributed by atoms with Crippen LogP contribution in [0.25, 0.3) is 0 Å². The quantitative estimate of drug-likeness (QED) is 0.792. The van der Waals surface area contributed by atoms with Crippen LogP contribution in [0.1, 0.15) is 44.0 Å². The van der Waals surface area contributed by atoms with Crippen LogP contribution in [0.3, 0.4) is 0 Å². The first-order chi connectivity index (χ1) is 11.0. The van der Waals surface area contributed by atoms with Gasteiger partial charge in [0.15, 0.2) is 5.79 Å². The molecule has 0 unspecified atom stereocenters. The van der Waals surface area contributed by atoms with Crippen molar-refractivity contribution < 1.29 is 14.3 Å². The molecule has 5 heteroatoms. The van der Waals surface area contributed by atoms with Gasteiger partial charge in [0.25, 0.3) is 5.91 Å². The van der Waals surface area contributed by atoms with Gasteiger partial charge in [0, 0.05) is 36.1 Å².